The van der Waals surface area contributed by atoms with E-state index in [0.717, 1.165) is 59.4 Å². The highest BCUT2D eigenvalue weighted by molar-refractivity contribution is 5.94. The minimum absolute atomic E-state index is 0.0279. The van der Waals surface area contributed by atoms with Gasteiger partial charge in [0.2, 0.25) is 0 Å². The number of ether oxygens (including phenoxy) is 2. The Balaban J connectivity index is 1.29. The van der Waals surface area contributed by atoms with Gasteiger partial charge in [-0.2, -0.15) is 0 Å². The molecule has 4 aromatic rings. The zero-order valence-electron chi connectivity index (χ0n) is 32.9. The number of benzene rings is 4. The highest BCUT2D eigenvalue weighted by Crippen LogP contribution is 2.39. The van der Waals surface area contributed by atoms with Crippen LogP contribution in [-0.2, 0) is 22.6 Å². The SMILES string of the molecule is CCCCCCCCN(CCCCCCCC)C[C@H]1C[C@@H](c2ccc(CO)cc2)O[C@@H](c2ccc(-c3ccccc3CNC(=O)c3ccccc3)cc2)O1. The fourth-order valence-electron chi connectivity index (χ4n) is 7.49. The highest BCUT2D eigenvalue weighted by atomic mass is 16.7. The Bertz CT molecular complexity index is 1610. The number of aliphatic hydroxyl groups excluding tert-OH is 1. The molecule has 1 fully saturated rings. The molecule has 1 heterocycles. The van der Waals surface area contributed by atoms with Crippen LogP contribution in [0, 0.1) is 0 Å². The average Bonchev–Trinajstić information content (AvgIpc) is 3.22. The summed E-state index contributed by atoms with van der Waals surface area (Å²) in [7, 11) is 0. The summed E-state index contributed by atoms with van der Waals surface area (Å²) in [6.07, 6.45) is 15.8. The van der Waals surface area contributed by atoms with Crippen LogP contribution in [0.4, 0.5) is 0 Å². The maximum atomic E-state index is 12.8. The van der Waals surface area contributed by atoms with Crippen molar-refractivity contribution < 1.29 is 19.4 Å². The van der Waals surface area contributed by atoms with E-state index in [4.69, 9.17) is 9.47 Å². The highest BCUT2D eigenvalue weighted by Gasteiger charge is 2.33. The molecule has 5 rings (SSSR count). The smallest absolute Gasteiger partial charge is 0.251 e. The quantitative estimate of drug-likeness (QED) is 0.0743. The van der Waals surface area contributed by atoms with Gasteiger partial charge in [0.25, 0.3) is 5.91 Å². The molecule has 0 aromatic heterocycles. The van der Waals surface area contributed by atoms with E-state index in [9.17, 15) is 9.90 Å². The third-order valence-corrected chi connectivity index (χ3v) is 10.7. The number of carbonyl (C=O) groups is 1. The first-order valence-electron chi connectivity index (χ1n) is 20.8. The van der Waals surface area contributed by atoms with Gasteiger partial charge in [0.05, 0.1) is 18.8 Å². The van der Waals surface area contributed by atoms with Gasteiger partial charge in [-0.25, -0.2) is 0 Å². The number of carbonyl (C=O) groups excluding carboxylic acids is 1. The summed E-state index contributed by atoms with van der Waals surface area (Å²) in [6, 6.07) is 34.3. The first-order valence-corrected chi connectivity index (χ1v) is 20.8. The molecule has 1 saturated heterocycles. The van der Waals surface area contributed by atoms with Gasteiger partial charge in [-0.3, -0.25) is 4.79 Å². The first kappa shape index (κ1) is 41.4. The van der Waals surface area contributed by atoms with Crippen molar-refractivity contribution in [3.05, 3.63) is 131 Å². The topological polar surface area (TPSA) is 71.0 Å². The van der Waals surface area contributed by atoms with Crippen LogP contribution in [0.3, 0.4) is 0 Å². The van der Waals surface area contributed by atoms with Gasteiger partial charge in [0.15, 0.2) is 6.29 Å². The van der Waals surface area contributed by atoms with E-state index in [0.29, 0.717) is 12.1 Å². The molecule has 0 saturated carbocycles. The summed E-state index contributed by atoms with van der Waals surface area (Å²) in [4.78, 5) is 15.4. The zero-order chi connectivity index (χ0) is 37.8. The Kier molecular flexibility index (Phi) is 17.8. The second-order valence-corrected chi connectivity index (χ2v) is 15.0. The van der Waals surface area contributed by atoms with Crippen molar-refractivity contribution in [2.75, 3.05) is 19.6 Å². The largest absolute Gasteiger partial charge is 0.392 e. The van der Waals surface area contributed by atoms with E-state index < -0.39 is 6.29 Å². The van der Waals surface area contributed by atoms with E-state index in [2.05, 4.69) is 72.6 Å². The van der Waals surface area contributed by atoms with E-state index in [1.165, 1.54) is 77.0 Å². The van der Waals surface area contributed by atoms with Crippen LogP contribution in [0.15, 0.2) is 103 Å². The van der Waals surface area contributed by atoms with E-state index in [-0.39, 0.29) is 24.7 Å². The normalized spacial score (nSPS) is 17.1. The van der Waals surface area contributed by atoms with Crippen molar-refractivity contribution >= 4 is 5.91 Å². The van der Waals surface area contributed by atoms with Gasteiger partial charge in [0, 0.05) is 30.6 Å². The van der Waals surface area contributed by atoms with Gasteiger partial charge in [-0.05, 0) is 65.9 Å². The molecule has 6 nitrogen and oxygen atoms in total. The number of nitrogens with one attached hydrogen (secondary N) is 1. The number of hydrogen-bond donors (Lipinski definition) is 2. The van der Waals surface area contributed by atoms with Crippen molar-refractivity contribution in [3.63, 3.8) is 0 Å². The Labute approximate surface area is 325 Å². The number of amides is 1. The molecule has 6 heteroatoms. The summed E-state index contributed by atoms with van der Waals surface area (Å²) in [6.45, 7) is 8.15. The summed E-state index contributed by atoms with van der Waals surface area (Å²) in [5.41, 5.74) is 6.89. The second kappa shape index (κ2) is 23.2. The minimum atomic E-state index is -0.495. The minimum Gasteiger partial charge on any atom is -0.392 e. The van der Waals surface area contributed by atoms with Crippen LogP contribution < -0.4 is 5.32 Å². The van der Waals surface area contributed by atoms with Crippen molar-refractivity contribution in [2.24, 2.45) is 0 Å². The van der Waals surface area contributed by atoms with E-state index in [1.54, 1.807) is 0 Å². The van der Waals surface area contributed by atoms with Crippen molar-refractivity contribution in [1.82, 2.24) is 10.2 Å². The molecule has 0 spiro atoms. The summed E-state index contributed by atoms with van der Waals surface area (Å²) in [5, 5.41) is 12.8. The summed E-state index contributed by atoms with van der Waals surface area (Å²) in [5.74, 6) is -0.0834. The summed E-state index contributed by atoms with van der Waals surface area (Å²) < 4.78 is 13.6. The third kappa shape index (κ3) is 13.2. The van der Waals surface area contributed by atoms with Gasteiger partial charge in [-0.1, -0.05) is 169 Å². The molecule has 54 heavy (non-hydrogen) atoms. The third-order valence-electron chi connectivity index (χ3n) is 10.7. The number of rotatable bonds is 23. The number of hydrogen-bond acceptors (Lipinski definition) is 5. The standard InChI is InChI=1S/C48H64N2O4/c1-3-5-7-9-11-18-32-50(33-19-12-10-8-6-4-2)36-44-34-46(40-26-24-38(37-51)25-27-40)54-48(53-44)42-30-28-39(29-31-42)45-23-17-16-22-43(45)35-49-47(52)41-20-14-13-15-21-41/h13-17,20-31,44,46,48,51H,3-12,18-19,32-37H2,1-2H3,(H,49,52)/t44-,46+,48+/m1/s1. The van der Waals surface area contributed by atoms with Gasteiger partial charge >= 0.3 is 0 Å². The lowest BCUT2D eigenvalue weighted by atomic mass is 9.97. The van der Waals surface area contributed by atoms with Gasteiger partial charge in [-0.15, -0.1) is 0 Å². The molecule has 4 aromatic carbocycles. The molecule has 1 aliphatic rings. The number of nitrogens with zero attached hydrogens (tertiary/aromatic N) is 1. The average molecular weight is 733 g/mol. The van der Waals surface area contributed by atoms with Crippen LogP contribution >= 0.6 is 0 Å². The Morgan fingerprint density at radius 2 is 1.28 bits per heavy atom. The molecular weight excluding hydrogens is 669 g/mol. The maximum Gasteiger partial charge on any atom is 0.251 e. The monoisotopic (exact) mass is 732 g/mol. The lowest BCUT2D eigenvalue weighted by Gasteiger charge is -2.38. The van der Waals surface area contributed by atoms with Crippen molar-refractivity contribution in [1.29, 1.82) is 0 Å². The summed E-state index contributed by atoms with van der Waals surface area (Å²) >= 11 is 0. The predicted molar refractivity (Wildman–Crippen MR) is 221 cm³/mol. The lowest BCUT2D eigenvalue weighted by Crippen LogP contribution is -2.40. The van der Waals surface area contributed by atoms with Crippen LogP contribution in [0.2, 0.25) is 0 Å². The lowest BCUT2D eigenvalue weighted by molar-refractivity contribution is -0.253. The molecule has 0 bridgehead atoms. The molecule has 1 amide bonds. The van der Waals surface area contributed by atoms with E-state index >= 15 is 0 Å². The molecule has 290 valence electrons. The number of aliphatic hydroxyl groups is 1. The van der Waals surface area contributed by atoms with Crippen molar-refractivity contribution in [3.8, 4) is 11.1 Å². The maximum absolute atomic E-state index is 12.8. The molecule has 0 radical (unpaired) electrons. The Morgan fingerprint density at radius 1 is 0.685 bits per heavy atom. The second-order valence-electron chi connectivity index (χ2n) is 15.0. The zero-order valence-corrected chi connectivity index (χ0v) is 32.9. The van der Waals surface area contributed by atoms with Crippen LogP contribution in [0.5, 0.6) is 0 Å². The van der Waals surface area contributed by atoms with Crippen LogP contribution in [-0.4, -0.2) is 41.7 Å². The van der Waals surface area contributed by atoms with Gasteiger partial charge < -0.3 is 24.8 Å². The van der Waals surface area contributed by atoms with Gasteiger partial charge in [0.1, 0.15) is 0 Å². The molecule has 1 aliphatic heterocycles. The van der Waals surface area contributed by atoms with Crippen LogP contribution in [0.25, 0.3) is 11.1 Å². The molecule has 3 atom stereocenters. The molecule has 2 N–H and O–H groups in total. The van der Waals surface area contributed by atoms with Crippen LogP contribution in [0.1, 0.15) is 142 Å². The molecule has 0 unspecified atom stereocenters. The predicted octanol–water partition coefficient (Wildman–Crippen LogP) is 11.3. The fraction of sp³-hybridized carbons (Fsp3) is 0.479. The van der Waals surface area contributed by atoms with E-state index in [1.807, 2.05) is 54.6 Å². The Hall–Kier alpha value is -3.81. The van der Waals surface area contributed by atoms with Crippen molar-refractivity contribution in [2.45, 2.75) is 129 Å². The molecule has 0 aliphatic carbocycles. The number of unbranched alkanes of at least 4 members (excludes halogenated alkanes) is 10. The Morgan fingerprint density at radius 3 is 1.93 bits per heavy atom. The molecular formula is C48H64N2O4. The first-order chi connectivity index (χ1) is 26.6. The fourth-order valence-corrected chi connectivity index (χ4v) is 7.49.